The van der Waals surface area contributed by atoms with Gasteiger partial charge in [-0.05, 0) is 12.1 Å². The third kappa shape index (κ3) is 2.34. The summed E-state index contributed by atoms with van der Waals surface area (Å²) in [6.45, 7) is 0. The van der Waals surface area contributed by atoms with Gasteiger partial charge in [0.2, 0.25) is 0 Å². The molecule has 0 spiro atoms. The predicted octanol–water partition coefficient (Wildman–Crippen LogP) is 1.83. The summed E-state index contributed by atoms with van der Waals surface area (Å²) >= 11 is 1.30. The molecule has 0 N–H and O–H groups in total. The van der Waals surface area contributed by atoms with Crippen molar-refractivity contribution < 1.29 is 14.4 Å². The predicted molar refractivity (Wildman–Crippen MR) is 60.8 cm³/mol. The van der Waals surface area contributed by atoms with Crippen molar-refractivity contribution >= 4 is 33.7 Å². The molecule has 2 aromatic rings. The molecule has 0 bridgehead atoms. The Bertz CT molecular complexity index is 503. The van der Waals surface area contributed by atoms with E-state index in [9.17, 15) is 4.79 Å². The Kier molecular flexibility index (Phi) is 3.11. The molecule has 0 saturated heterocycles. The molecule has 82 valence electrons. The number of rotatable bonds is 3. The number of hydrogen-bond acceptors (Lipinski definition) is 6. The van der Waals surface area contributed by atoms with Gasteiger partial charge in [0.05, 0.1) is 10.2 Å². The molecular weight excluding hydrogens is 228 g/mol. The topological polar surface area (TPSA) is 60.8 Å². The fraction of sp³-hybridized carbons (Fsp3) is 0.100. The highest BCUT2D eigenvalue weighted by Crippen LogP contribution is 2.27. The van der Waals surface area contributed by atoms with Crippen LogP contribution in [-0.4, -0.2) is 24.3 Å². The molecule has 5 nitrogen and oxygen atoms in total. The molecule has 1 aromatic carbocycles. The summed E-state index contributed by atoms with van der Waals surface area (Å²) in [6.07, 6.45) is 0.950. The fourth-order valence-corrected chi connectivity index (χ4v) is 1.92. The van der Waals surface area contributed by atoms with Gasteiger partial charge in [-0.2, -0.15) is 0 Å². The highest BCUT2D eigenvalue weighted by atomic mass is 32.1. The van der Waals surface area contributed by atoms with Crippen LogP contribution in [-0.2, 0) is 9.63 Å². The Balaban J connectivity index is 2.15. The highest BCUT2D eigenvalue weighted by Gasteiger charge is 2.07. The van der Waals surface area contributed by atoms with Crippen molar-refractivity contribution in [2.75, 3.05) is 7.11 Å². The second kappa shape index (κ2) is 4.71. The van der Waals surface area contributed by atoms with Crippen LogP contribution in [0, 0.1) is 0 Å². The number of para-hydroxylation sites is 1. The molecule has 6 heteroatoms. The molecule has 0 aliphatic heterocycles. The van der Waals surface area contributed by atoms with Gasteiger partial charge in [-0.15, -0.1) is 0 Å². The van der Waals surface area contributed by atoms with Crippen LogP contribution >= 0.6 is 11.3 Å². The maximum absolute atomic E-state index is 11.2. The van der Waals surface area contributed by atoms with Crippen molar-refractivity contribution in [3.63, 3.8) is 0 Å². The van der Waals surface area contributed by atoms with Gasteiger partial charge in [-0.1, -0.05) is 28.6 Å². The summed E-state index contributed by atoms with van der Waals surface area (Å²) in [4.78, 5) is 19.7. The van der Waals surface area contributed by atoms with E-state index in [0.29, 0.717) is 5.19 Å². The van der Waals surface area contributed by atoms with E-state index in [4.69, 9.17) is 4.74 Å². The molecule has 0 radical (unpaired) electrons. The maximum atomic E-state index is 11.2. The van der Waals surface area contributed by atoms with Gasteiger partial charge in [-0.3, -0.25) is 0 Å². The SMILES string of the molecule is CON=CC(=O)Oc1nc2ccccc2s1. The normalized spacial score (nSPS) is 10.8. The van der Waals surface area contributed by atoms with Crippen LogP contribution < -0.4 is 4.74 Å². The zero-order valence-electron chi connectivity index (χ0n) is 8.41. The van der Waals surface area contributed by atoms with E-state index >= 15 is 0 Å². The lowest BCUT2D eigenvalue weighted by molar-refractivity contribution is -0.126. The van der Waals surface area contributed by atoms with Crippen molar-refractivity contribution in [2.45, 2.75) is 0 Å². The Morgan fingerprint density at radius 2 is 2.31 bits per heavy atom. The monoisotopic (exact) mass is 236 g/mol. The minimum absolute atomic E-state index is 0.300. The summed E-state index contributed by atoms with van der Waals surface area (Å²) in [5.41, 5.74) is 0.805. The van der Waals surface area contributed by atoms with Crippen molar-refractivity contribution in [3.05, 3.63) is 24.3 Å². The van der Waals surface area contributed by atoms with E-state index < -0.39 is 5.97 Å². The van der Waals surface area contributed by atoms with Gasteiger partial charge in [0, 0.05) is 0 Å². The molecule has 0 saturated carbocycles. The van der Waals surface area contributed by atoms with Crippen LogP contribution in [0.25, 0.3) is 10.2 Å². The zero-order valence-corrected chi connectivity index (χ0v) is 9.23. The smallest absolute Gasteiger partial charge is 0.360 e. The van der Waals surface area contributed by atoms with E-state index in [1.807, 2.05) is 24.3 Å². The lowest BCUT2D eigenvalue weighted by atomic mass is 10.3. The first-order valence-corrected chi connectivity index (χ1v) is 5.25. The zero-order chi connectivity index (χ0) is 11.4. The number of fused-ring (bicyclic) bond motifs is 1. The summed E-state index contributed by atoms with van der Waals surface area (Å²) in [6, 6.07) is 7.54. The fourth-order valence-electron chi connectivity index (χ4n) is 1.10. The number of aromatic nitrogens is 1. The largest absolute Gasteiger partial charge is 0.399 e. The molecule has 0 amide bonds. The summed E-state index contributed by atoms with van der Waals surface area (Å²) in [7, 11) is 1.35. The van der Waals surface area contributed by atoms with Crippen LogP contribution in [0.2, 0.25) is 0 Å². The van der Waals surface area contributed by atoms with E-state index in [0.717, 1.165) is 16.4 Å². The van der Waals surface area contributed by atoms with Gasteiger partial charge in [0.1, 0.15) is 7.11 Å². The average Bonchev–Trinajstić information content (AvgIpc) is 2.68. The van der Waals surface area contributed by atoms with E-state index in [1.54, 1.807) is 0 Å². The van der Waals surface area contributed by atoms with Crippen molar-refractivity contribution in [3.8, 4) is 5.19 Å². The lowest BCUT2D eigenvalue weighted by Crippen LogP contribution is -2.08. The number of esters is 1. The van der Waals surface area contributed by atoms with Gasteiger partial charge in [0.15, 0.2) is 6.21 Å². The first-order chi connectivity index (χ1) is 7.79. The average molecular weight is 236 g/mol. The van der Waals surface area contributed by atoms with Gasteiger partial charge in [-0.25, -0.2) is 9.78 Å². The van der Waals surface area contributed by atoms with E-state index in [-0.39, 0.29) is 0 Å². The number of thiazole rings is 1. The van der Waals surface area contributed by atoms with Crippen molar-refractivity contribution in [1.82, 2.24) is 4.98 Å². The Hall–Kier alpha value is -1.95. The van der Waals surface area contributed by atoms with E-state index in [1.165, 1.54) is 18.4 Å². The number of hydrogen-bond donors (Lipinski definition) is 0. The van der Waals surface area contributed by atoms with Gasteiger partial charge < -0.3 is 9.57 Å². The minimum atomic E-state index is -0.610. The molecule has 0 fully saturated rings. The van der Waals surface area contributed by atoms with Gasteiger partial charge >= 0.3 is 5.97 Å². The van der Waals surface area contributed by atoms with Gasteiger partial charge in [0.25, 0.3) is 5.19 Å². The number of ether oxygens (including phenoxy) is 1. The molecule has 16 heavy (non-hydrogen) atoms. The minimum Gasteiger partial charge on any atom is -0.399 e. The Morgan fingerprint density at radius 1 is 1.50 bits per heavy atom. The number of carbonyl (C=O) groups excluding carboxylic acids is 1. The Morgan fingerprint density at radius 3 is 3.06 bits per heavy atom. The first-order valence-electron chi connectivity index (χ1n) is 4.43. The van der Waals surface area contributed by atoms with Crippen LogP contribution in [0.4, 0.5) is 0 Å². The number of carbonyl (C=O) groups is 1. The van der Waals surface area contributed by atoms with Crippen LogP contribution in [0.15, 0.2) is 29.4 Å². The molecule has 0 unspecified atom stereocenters. The molecule has 0 aliphatic rings. The van der Waals surface area contributed by atoms with Crippen molar-refractivity contribution in [2.24, 2.45) is 5.16 Å². The standard InChI is InChI=1S/C10H8N2O3S/c1-14-11-6-9(13)15-10-12-7-4-2-3-5-8(7)16-10/h2-6H,1H3. The summed E-state index contributed by atoms with van der Waals surface area (Å²) < 4.78 is 5.91. The molecule has 0 atom stereocenters. The number of nitrogens with zero attached hydrogens (tertiary/aromatic N) is 2. The number of oxime groups is 1. The molecule has 1 aromatic heterocycles. The van der Waals surface area contributed by atoms with Crippen LogP contribution in [0.3, 0.4) is 0 Å². The Labute approximate surface area is 95.3 Å². The summed E-state index contributed by atoms with van der Waals surface area (Å²) in [5.74, 6) is -0.610. The van der Waals surface area contributed by atoms with Crippen LogP contribution in [0.5, 0.6) is 5.19 Å². The van der Waals surface area contributed by atoms with Crippen molar-refractivity contribution in [1.29, 1.82) is 0 Å². The lowest BCUT2D eigenvalue weighted by Gasteiger charge is -1.92. The molecular formula is C10H8N2O3S. The first kappa shape index (κ1) is 10.6. The maximum Gasteiger partial charge on any atom is 0.360 e. The quantitative estimate of drug-likeness (QED) is 0.463. The molecule has 2 rings (SSSR count). The third-order valence-corrected chi connectivity index (χ3v) is 2.64. The number of benzene rings is 1. The van der Waals surface area contributed by atoms with E-state index in [2.05, 4.69) is 15.0 Å². The second-order valence-corrected chi connectivity index (χ2v) is 3.78. The van der Waals surface area contributed by atoms with Crippen LogP contribution in [0.1, 0.15) is 0 Å². The molecule has 1 heterocycles. The second-order valence-electron chi connectivity index (χ2n) is 2.79. The third-order valence-electron chi connectivity index (χ3n) is 1.73. The highest BCUT2D eigenvalue weighted by molar-refractivity contribution is 7.20. The summed E-state index contributed by atoms with van der Waals surface area (Å²) in [5, 5.41) is 3.60. The molecule has 0 aliphatic carbocycles.